The van der Waals surface area contributed by atoms with Crippen LogP contribution in [0.3, 0.4) is 0 Å². The van der Waals surface area contributed by atoms with Crippen molar-refractivity contribution in [3.05, 3.63) is 59.7 Å². The van der Waals surface area contributed by atoms with Gasteiger partial charge in [0.15, 0.2) is 0 Å². The molecule has 4 rings (SSSR count). The van der Waals surface area contributed by atoms with Crippen LogP contribution in [0.2, 0.25) is 0 Å². The summed E-state index contributed by atoms with van der Waals surface area (Å²) in [7, 11) is 0. The van der Waals surface area contributed by atoms with Crippen molar-refractivity contribution < 1.29 is 9.59 Å². The summed E-state index contributed by atoms with van der Waals surface area (Å²) in [6, 6.07) is 16.8. The quantitative estimate of drug-likeness (QED) is 0.694. The number of carbonyl (C=O) groups excluding carboxylic acids is 2. The van der Waals surface area contributed by atoms with Crippen molar-refractivity contribution in [2.45, 2.75) is 64.5 Å². The van der Waals surface area contributed by atoms with Gasteiger partial charge < -0.3 is 15.5 Å². The minimum atomic E-state index is -0.134. The van der Waals surface area contributed by atoms with Crippen molar-refractivity contribution in [2.24, 2.45) is 5.92 Å². The molecule has 0 atom stereocenters. The highest BCUT2D eigenvalue weighted by molar-refractivity contribution is 5.79. The van der Waals surface area contributed by atoms with E-state index in [0.29, 0.717) is 12.5 Å². The number of nitrogens with one attached hydrogen (secondary N) is 2. The second-order valence-electron chi connectivity index (χ2n) is 9.33. The molecule has 1 saturated heterocycles. The lowest BCUT2D eigenvalue weighted by Gasteiger charge is -2.35. The van der Waals surface area contributed by atoms with Crippen LogP contribution in [0.5, 0.6) is 0 Å². The van der Waals surface area contributed by atoms with Crippen molar-refractivity contribution in [3.63, 3.8) is 0 Å². The zero-order valence-corrected chi connectivity index (χ0v) is 19.1. The lowest BCUT2D eigenvalue weighted by Crippen LogP contribution is -2.50. The van der Waals surface area contributed by atoms with E-state index in [9.17, 15) is 9.59 Å². The highest BCUT2D eigenvalue weighted by Gasteiger charge is 2.29. The first-order valence-electron chi connectivity index (χ1n) is 12.1. The van der Waals surface area contributed by atoms with Gasteiger partial charge in [-0.3, -0.25) is 4.79 Å². The van der Waals surface area contributed by atoms with E-state index >= 15 is 0 Å². The summed E-state index contributed by atoms with van der Waals surface area (Å²) >= 11 is 0. The van der Waals surface area contributed by atoms with E-state index in [1.807, 2.05) is 4.90 Å². The Morgan fingerprint density at radius 2 is 1.62 bits per heavy atom. The van der Waals surface area contributed by atoms with Crippen LogP contribution in [0.4, 0.5) is 4.79 Å². The Hall–Kier alpha value is -2.82. The molecular formula is C27H35N3O2. The first kappa shape index (κ1) is 22.4. The third-order valence-electron chi connectivity index (χ3n) is 6.85. The number of hydrogen-bond acceptors (Lipinski definition) is 2. The minimum absolute atomic E-state index is 0.133. The number of urea groups is 1. The molecular weight excluding hydrogens is 398 g/mol. The van der Waals surface area contributed by atoms with Gasteiger partial charge in [-0.25, -0.2) is 4.79 Å². The third kappa shape index (κ3) is 5.90. The number of carbonyl (C=O) groups is 2. The molecule has 0 bridgehead atoms. The minimum Gasteiger partial charge on any atom is -0.342 e. The van der Waals surface area contributed by atoms with Gasteiger partial charge in [0.1, 0.15) is 0 Å². The second kappa shape index (κ2) is 10.7. The van der Waals surface area contributed by atoms with Gasteiger partial charge in [-0.2, -0.15) is 0 Å². The van der Waals surface area contributed by atoms with Crippen LogP contribution >= 0.6 is 0 Å². The fourth-order valence-corrected chi connectivity index (χ4v) is 4.91. The molecule has 2 N–H and O–H groups in total. The maximum absolute atomic E-state index is 12.7. The largest absolute Gasteiger partial charge is 0.342 e. The zero-order chi connectivity index (χ0) is 22.3. The average molecular weight is 434 g/mol. The van der Waals surface area contributed by atoms with Gasteiger partial charge in [0.25, 0.3) is 0 Å². The van der Waals surface area contributed by atoms with Crippen molar-refractivity contribution in [2.75, 3.05) is 13.1 Å². The zero-order valence-electron chi connectivity index (χ0n) is 19.1. The van der Waals surface area contributed by atoms with E-state index in [1.54, 1.807) is 0 Å². The smallest absolute Gasteiger partial charge is 0.315 e. The standard InChI is InChI=1S/C27H35N3O2/c1-20-6-5-9-24(18-20)22-12-10-21(11-13-22)19-28-27(32)29-25-14-16-30(17-15-25)26(31)23-7-3-2-4-8-23/h5-6,9-13,18,23,25H,2-4,7-8,14-17,19H2,1H3,(H2,28,29,32). The first-order valence-corrected chi connectivity index (χ1v) is 12.1. The Morgan fingerprint density at radius 3 is 2.31 bits per heavy atom. The topological polar surface area (TPSA) is 61.4 Å². The van der Waals surface area contributed by atoms with Crippen LogP contribution in [-0.4, -0.2) is 36.0 Å². The SMILES string of the molecule is Cc1cccc(-c2ccc(CNC(=O)NC3CCN(C(=O)C4CCCCC4)CC3)cc2)c1. The molecule has 2 aromatic rings. The van der Waals surface area contributed by atoms with Crippen molar-refractivity contribution in [1.82, 2.24) is 15.5 Å². The summed E-state index contributed by atoms with van der Waals surface area (Å²) in [5.74, 6) is 0.565. The molecule has 32 heavy (non-hydrogen) atoms. The third-order valence-corrected chi connectivity index (χ3v) is 6.85. The predicted octanol–water partition coefficient (Wildman–Crippen LogP) is 5.03. The molecule has 0 aromatic heterocycles. The van der Waals surface area contributed by atoms with Gasteiger partial charge in [0, 0.05) is 31.6 Å². The Bertz CT molecular complexity index is 911. The van der Waals surface area contributed by atoms with Crippen molar-refractivity contribution >= 4 is 11.9 Å². The van der Waals surface area contributed by atoms with Gasteiger partial charge in [-0.15, -0.1) is 0 Å². The number of benzene rings is 2. The van der Waals surface area contributed by atoms with E-state index in [4.69, 9.17) is 0 Å². The number of likely N-dealkylation sites (tertiary alicyclic amines) is 1. The molecule has 2 aliphatic rings. The number of rotatable bonds is 5. The Kier molecular flexibility index (Phi) is 7.46. The van der Waals surface area contributed by atoms with Gasteiger partial charge in [-0.05, 0) is 49.3 Å². The van der Waals surface area contributed by atoms with Gasteiger partial charge in [0.2, 0.25) is 5.91 Å². The summed E-state index contributed by atoms with van der Waals surface area (Å²) in [5, 5.41) is 6.05. The van der Waals surface area contributed by atoms with Crippen molar-refractivity contribution in [3.8, 4) is 11.1 Å². The molecule has 0 unspecified atom stereocenters. The maximum atomic E-state index is 12.7. The molecule has 170 valence electrons. The summed E-state index contributed by atoms with van der Waals surface area (Å²) in [5.41, 5.74) is 4.70. The van der Waals surface area contributed by atoms with Crippen LogP contribution in [0.15, 0.2) is 48.5 Å². The lowest BCUT2D eigenvalue weighted by atomic mass is 9.87. The average Bonchev–Trinajstić information content (AvgIpc) is 2.84. The van der Waals surface area contributed by atoms with Crippen LogP contribution in [0.25, 0.3) is 11.1 Å². The van der Waals surface area contributed by atoms with Crippen LogP contribution in [0, 0.1) is 12.8 Å². The number of hydrogen-bond donors (Lipinski definition) is 2. The molecule has 5 nitrogen and oxygen atoms in total. The lowest BCUT2D eigenvalue weighted by molar-refractivity contribution is -0.137. The van der Waals surface area contributed by atoms with Gasteiger partial charge in [-0.1, -0.05) is 73.4 Å². The van der Waals surface area contributed by atoms with Crippen LogP contribution in [0.1, 0.15) is 56.1 Å². The van der Waals surface area contributed by atoms with E-state index in [-0.39, 0.29) is 18.0 Å². The van der Waals surface area contributed by atoms with Gasteiger partial charge in [0.05, 0.1) is 0 Å². The molecule has 0 spiro atoms. The molecule has 5 heteroatoms. The maximum Gasteiger partial charge on any atom is 0.315 e. The number of amides is 3. The number of nitrogens with zero attached hydrogens (tertiary/aromatic N) is 1. The highest BCUT2D eigenvalue weighted by atomic mass is 16.2. The fraction of sp³-hybridized carbons (Fsp3) is 0.481. The Balaban J connectivity index is 1.19. The monoisotopic (exact) mass is 433 g/mol. The van der Waals surface area contributed by atoms with E-state index in [2.05, 4.69) is 66.1 Å². The summed E-state index contributed by atoms with van der Waals surface area (Å²) in [6.45, 7) is 4.10. The van der Waals surface area contributed by atoms with Crippen molar-refractivity contribution in [1.29, 1.82) is 0 Å². The predicted molar refractivity (Wildman–Crippen MR) is 128 cm³/mol. The molecule has 1 aliphatic heterocycles. The summed E-state index contributed by atoms with van der Waals surface area (Å²) in [6.07, 6.45) is 7.39. The molecule has 3 amide bonds. The van der Waals surface area contributed by atoms with Crippen LogP contribution < -0.4 is 10.6 Å². The molecule has 2 fully saturated rings. The summed E-state index contributed by atoms with van der Waals surface area (Å²) in [4.78, 5) is 27.1. The second-order valence-corrected chi connectivity index (χ2v) is 9.33. The Labute approximate surface area is 191 Å². The van der Waals surface area contributed by atoms with E-state index in [1.165, 1.54) is 36.0 Å². The normalized spacial score (nSPS) is 17.7. The molecule has 2 aromatic carbocycles. The van der Waals surface area contributed by atoms with E-state index < -0.39 is 0 Å². The fourth-order valence-electron chi connectivity index (χ4n) is 4.91. The molecule has 0 radical (unpaired) electrons. The molecule has 1 aliphatic carbocycles. The highest BCUT2D eigenvalue weighted by Crippen LogP contribution is 2.26. The van der Waals surface area contributed by atoms with Crippen LogP contribution in [-0.2, 0) is 11.3 Å². The molecule has 1 heterocycles. The van der Waals surface area contributed by atoms with E-state index in [0.717, 1.165) is 44.3 Å². The number of aryl methyl sites for hydroxylation is 1. The number of piperidine rings is 1. The molecule has 1 saturated carbocycles. The first-order chi connectivity index (χ1) is 15.6. The summed E-state index contributed by atoms with van der Waals surface area (Å²) < 4.78 is 0. The Morgan fingerprint density at radius 1 is 0.906 bits per heavy atom. The van der Waals surface area contributed by atoms with Gasteiger partial charge >= 0.3 is 6.03 Å².